The summed E-state index contributed by atoms with van der Waals surface area (Å²) >= 11 is 6.40. The van der Waals surface area contributed by atoms with E-state index >= 15 is 0 Å². The molecule has 0 unspecified atom stereocenters. The summed E-state index contributed by atoms with van der Waals surface area (Å²) in [6.45, 7) is 2.23. The minimum atomic E-state index is -0.628. The first-order valence-electron chi connectivity index (χ1n) is 7.35. The third kappa shape index (κ3) is 3.64. The maximum atomic E-state index is 13.0. The number of aromatic hydroxyl groups is 1. The summed E-state index contributed by atoms with van der Waals surface area (Å²) in [4.78, 5) is 17.9. The van der Waals surface area contributed by atoms with Crippen molar-refractivity contribution >= 4 is 46.0 Å². The molecule has 25 heavy (non-hydrogen) atoms. The molecule has 1 fully saturated rings. The molecule has 5 nitrogen and oxygen atoms in total. The molecule has 1 saturated heterocycles. The fraction of sp³-hybridized carbons (Fsp3) is 0.118. The van der Waals surface area contributed by atoms with E-state index in [-0.39, 0.29) is 11.7 Å². The van der Waals surface area contributed by atoms with Crippen molar-refractivity contribution in [1.29, 1.82) is 0 Å². The van der Waals surface area contributed by atoms with Crippen LogP contribution in [0, 0.1) is 5.95 Å². The van der Waals surface area contributed by atoms with Gasteiger partial charge in [0.2, 0.25) is 5.95 Å². The lowest BCUT2D eigenvalue weighted by Gasteiger charge is -2.13. The standard InChI is InChI=1S/C17H13FN2O3S2/c1-2-23-13-7-10(3-5-12(13)21)8-14-16(22)20(17(24)25-14)11-4-6-15(18)19-9-11/h3-9,21H,2H2,1H3. The second-order valence-corrected chi connectivity index (χ2v) is 6.69. The molecule has 0 saturated carbocycles. The zero-order valence-electron chi connectivity index (χ0n) is 13.1. The van der Waals surface area contributed by atoms with Gasteiger partial charge in [-0.3, -0.25) is 9.69 Å². The molecular weight excluding hydrogens is 363 g/mol. The van der Waals surface area contributed by atoms with Crippen molar-refractivity contribution < 1.29 is 19.0 Å². The van der Waals surface area contributed by atoms with E-state index in [1.54, 1.807) is 18.2 Å². The van der Waals surface area contributed by atoms with Crippen molar-refractivity contribution in [3.63, 3.8) is 0 Å². The van der Waals surface area contributed by atoms with Gasteiger partial charge in [0, 0.05) is 0 Å². The van der Waals surface area contributed by atoms with Gasteiger partial charge in [0.25, 0.3) is 5.91 Å². The largest absolute Gasteiger partial charge is 0.504 e. The second kappa shape index (κ2) is 7.20. The van der Waals surface area contributed by atoms with Crippen LogP contribution in [0.4, 0.5) is 10.1 Å². The number of halogens is 1. The molecule has 3 rings (SSSR count). The van der Waals surface area contributed by atoms with Gasteiger partial charge in [0.05, 0.1) is 23.4 Å². The predicted octanol–water partition coefficient (Wildman–Crippen LogP) is 3.73. The molecular formula is C17H13FN2O3S2. The summed E-state index contributed by atoms with van der Waals surface area (Å²) in [7, 11) is 0. The molecule has 0 radical (unpaired) electrons. The number of aromatic nitrogens is 1. The highest BCUT2D eigenvalue weighted by Crippen LogP contribution is 2.36. The molecule has 1 aromatic heterocycles. The lowest BCUT2D eigenvalue weighted by Crippen LogP contribution is -2.27. The van der Waals surface area contributed by atoms with Crippen LogP contribution in [-0.4, -0.2) is 26.9 Å². The van der Waals surface area contributed by atoms with E-state index in [0.29, 0.717) is 32.8 Å². The Balaban J connectivity index is 1.90. The van der Waals surface area contributed by atoms with Crippen LogP contribution in [0.15, 0.2) is 41.4 Å². The number of benzene rings is 1. The highest BCUT2D eigenvalue weighted by Gasteiger charge is 2.33. The van der Waals surface area contributed by atoms with Crippen LogP contribution < -0.4 is 9.64 Å². The summed E-state index contributed by atoms with van der Waals surface area (Å²) in [6.07, 6.45) is 2.93. The minimum absolute atomic E-state index is 0.0314. The third-order valence-electron chi connectivity index (χ3n) is 3.35. The molecule has 0 aliphatic carbocycles. The molecule has 1 amide bonds. The molecule has 1 aliphatic heterocycles. The quantitative estimate of drug-likeness (QED) is 0.498. The van der Waals surface area contributed by atoms with Crippen molar-refractivity contribution in [2.24, 2.45) is 0 Å². The number of phenols is 1. The van der Waals surface area contributed by atoms with Gasteiger partial charge in [-0.05, 0) is 42.8 Å². The lowest BCUT2D eigenvalue weighted by atomic mass is 10.2. The van der Waals surface area contributed by atoms with Gasteiger partial charge in [-0.1, -0.05) is 30.0 Å². The topological polar surface area (TPSA) is 62.7 Å². The first-order valence-corrected chi connectivity index (χ1v) is 8.57. The highest BCUT2D eigenvalue weighted by molar-refractivity contribution is 8.27. The average molecular weight is 376 g/mol. The zero-order valence-corrected chi connectivity index (χ0v) is 14.7. The number of thiocarbonyl (C=S) groups is 1. The van der Waals surface area contributed by atoms with Crippen molar-refractivity contribution in [2.45, 2.75) is 6.92 Å². The predicted molar refractivity (Wildman–Crippen MR) is 99.1 cm³/mol. The van der Waals surface area contributed by atoms with Crippen LogP contribution in [0.3, 0.4) is 0 Å². The van der Waals surface area contributed by atoms with Gasteiger partial charge in [-0.15, -0.1) is 0 Å². The lowest BCUT2D eigenvalue weighted by molar-refractivity contribution is -0.113. The van der Waals surface area contributed by atoms with E-state index in [9.17, 15) is 14.3 Å². The number of phenolic OH excluding ortho intramolecular Hbond substituents is 1. The maximum Gasteiger partial charge on any atom is 0.270 e. The Labute approximate surface area is 153 Å². The first-order chi connectivity index (χ1) is 12.0. The minimum Gasteiger partial charge on any atom is -0.504 e. The zero-order chi connectivity index (χ0) is 18.0. The molecule has 0 bridgehead atoms. The summed E-state index contributed by atoms with van der Waals surface area (Å²) in [5.41, 5.74) is 1.10. The maximum absolute atomic E-state index is 13.0. The fourth-order valence-electron chi connectivity index (χ4n) is 2.23. The summed E-state index contributed by atoms with van der Waals surface area (Å²) < 4.78 is 18.7. The SMILES string of the molecule is CCOc1cc(C=C2SC(=S)N(c3ccc(F)nc3)C2=O)ccc1O. The number of rotatable bonds is 4. The van der Waals surface area contributed by atoms with Crippen molar-refractivity contribution in [2.75, 3.05) is 11.5 Å². The number of ether oxygens (including phenoxy) is 1. The Kier molecular flexibility index (Phi) is 5.00. The summed E-state index contributed by atoms with van der Waals surface area (Å²) in [6, 6.07) is 7.44. The fourth-order valence-corrected chi connectivity index (χ4v) is 3.53. The number of hydrogen-bond acceptors (Lipinski definition) is 6. The molecule has 128 valence electrons. The number of carbonyl (C=O) groups excluding carboxylic acids is 1. The molecule has 1 N–H and O–H groups in total. The number of nitrogens with zero attached hydrogens (tertiary/aromatic N) is 2. The molecule has 2 aromatic rings. The number of hydrogen-bond donors (Lipinski definition) is 1. The average Bonchev–Trinajstić information content (AvgIpc) is 2.86. The monoisotopic (exact) mass is 376 g/mol. The van der Waals surface area contributed by atoms with Crippen LogP contribution in [0.25, 0.3) is 6.08 Å². The molecule has 1 aromatic carbocycles. The second-order valence-electron chi connectivity index (χ2n) is 5.02. The number of carbonyl (C=O) groups is 1. The normalized spacial score (nSPS) is 15.9. The first kappa shape index (κ1) is 17.4. The van der Waals surface area contributed by atoms with Crippen LogP contribution in [0.5, 0.6) is 11.5 Å². The van der Waals surface area contributed by atoms with Crippen LogP contribution in [0.2, 0.25) is 0 Å². The van der Waals surface area contributed by atoms with E-state index in [1.807, 2.05) is 6.92 Å². The Morgan fingerprint density at radius 1 is 1.40 bits per heavy atom. The van der Waals surface area contributed by atoms with Gasteiger partial charge < -0.3 is 9.84 Å². The van der Waals surface area contributed by atoms with Crippen LogP contribution in [-0.2, 0) is 4.79 Å². The third-order valence-corrected chi connectivity index (χ3v) is 4.65. The Hall–Kier alpha value is -2.45. The number of amides is 1. The number of pyridine rings is 1. The molecule has 0 atom stereocenters. The number of anilines is 1. The van der Waals surface area contributed by atoms with Gasteiger partial charge in [-0.25, -0.2) is 4.98 Å². The number of thioether (sulfide) groups is 1. The molecule has 0 spiro atoms. The van der Waals surface area contributed by atoms with E-state index in [1.165, 1.54) is 29.3 Å². The van der Waals surface area contributed by atoms with E-state index in [4.69, 9.17) is 17.0 Å². The smallest absolute Gasteiger partial charge is 0.270 e. The Morgan fingerprint density at radius 3 is 2.88 bits per heavy atom. The van der Waals surface area contributed by atoms with Gasteiger partial charge in [-0.2, -0.15) is 4.39 Å². The molecule has 8 heteroatoms. The van der Waals surface area contributed by atoms with E-state index < -0.39 is 5.95 Å². The molecule has 1 aliphatic rings. The van der Waals surface area contributed by atoms with Crippen molar-refractivity contribution in [1.82, 2.24) is 4.98 Å². The summed E-state index contributed by atoms with van der Waals surface area (Å²) in [5.74, 6) is -0.565. The van der Waals surface area contributed by atoms with Gasteiger partial charge >= 0.3 is 0 Å². The Bertz CT molecular complexity index is 869. The molecule has 2 heterocycles. The highest BCUT2D eigenvalue weighted by atomic mass is 32.2. The summed E-state index contributed by atoms with van der Waals surface area (Å²) in [5, 5.41) is 9.75. The van der Waals surface area contributed by atoms with Gasteiger partial charge in [0.1, 0.15) is 0 Å². The van der Waals surface area contributed by atoms with Crippen molar-refractivity contribution in [3.8, 4) is 11.5 Å². The van der Waals surface area contributed by atoms with Gasteiger partial charge in [0.15, 0.2) is 15.8 Å². The van der Waals surface area contributed by atoms with E-state index in [0.717, 1.165) is 11.8 Å². The van der Waals surface area contributed by atoms with Crippen LogP contribution >= 0.6 is 24.0 Å². The van der Waals surface area contributed by atoms with Crippen molar-refractivity contribution in [3.05, 3.63) is 52.9 Å². The van der Waals surface area contributed by atoms with E-state index in [2.05, 4.69) is 4.98 Å². The Morgan fingerprint density at radius 2 is 2.20 bits per heavy atom. The van der Waals surface area contributed by atoms with Crippen LogP contribution in [0.1, 0.15) is 12.5 Å².